The Morgan fingerprint density at radius 2 is 1.56 bits per heavy atom. The molecule has 3 aromatic carbocycles. The molecule has 0 aliphatic carbocycles. The van der Waals surface area contributed by atoms with Crippen LogP contribution in [-0.4, -0.2) is 11.7 Å². The minimum Gasteiger partial charge on any atom is -0.492 e. The molecule has 0 heterocycles. The van der Waals surface area contributed by atoms with Crippen LogP contribution in [0.25, 0.3) is 0 Å². The van der Waals surface area contributed by atoms with E-state index in [0.717, 1.165) is 31.9 Å². The van der Waals surface area contributed by atoms with Gasteiger partial charge >= 0.3 is 0 Å². The molecule has 0 unspecified atom stereocenters. The topological polar surface area (TPSA) is 33.3 Å². The van der Waals surface area contributed by atoms with E-state index in [1.807, 2.05) is 73.7 Å². The first-order valence-corrected chi connectivity index (χ1v) is 10.1. The fraction of sp³-hybridized carbons (Fsp3) is 0.0952. The highest BCUT2D eigenvalue weighted by Gasteiger charge is 2.08. The SMILES string of the molecule is CCOc1ccccc1NC(=S)Nc1ccccc1Sc1ccc(Cl)cc1. The van der Waals surface area contributed by atoms with E-state index in [1.165, 1.54) is 0 Å². The van der Waals surface area contributed by atoms with Crippen molar-refractivity contribution in [1.29, 1.82) is 0 Å². The molecule has 0 aromatic heterocycles. The van der Waals surface area contributed by atoms with Gasteiger partial charge in [0.05, 0.1) is 18.0 Å². The van der Waals surface area contributed by atoms with E-state index in [9.17, 15) is 0 Å². The van der Waals surface area contributed by atoms with Gasteiger partial charge in [-0.1, -0.05) is 47.6 Å². The van der Waals surface area contributed by atoms with Crippen molar-refractivity contribution in [1.82, 2.24) is 0 Å². The van der Waals surface area contributed by atoms with Crippen molar-refractivity contribution >= 4 is 52.1 Å². The Balaban J connectivity index is 1.72. The second kappa shape index (κ2) is 9.65. The first-order chi connectivity index (χ1) is 13.2. The summed E-state index contributed by atoms with van der Waals surface area (Å²) >= 11 is 13.1. The number of thiocarbonyl (C=S) groups is 1. The normalized spacial score (nSPS) is 10.3. The fourth-order valence-electron chi connectivity index (χ4n) is 2.42. The van der Waals surface area contributed by atoms with Crippen LogP contribution in [-0.2, 0) is 0 Å². The molecular formula is C21H19ClN2OS2. The number of hydrogen-bond acceptors (Lipinski definition) is 3. The van der Waals surface area contributed by atoms with Crippen LogP contribution >= 0.6 is 35.6 Å². The molecule has 0 aliphatic rings. The molecule has 6 heteroatoms. The van der Waals surface area contributed by atoms with Gasteiger partial charge in [-0.3, -0.25) is 0 Å². The van der Waals surface area contributed by atoms with Gasteiger partial charge < -0.3 is 15.4 Å². The number of para-hydroxylation sites is 3. The summed E-state index contributed by atoms with van der Waals surface area (Å²) in [5, 5.41) is 7.72. The van der Waals surface area contributed by atoms with Gasteiger partial charge in [0.25, 0.3) is 0 Å². The summed E-state index contributed by atoms with van der Waals surface area (Å²) in [6.07, 6.45) is 0. The maximum absolute atomic E-state index is 5.97. The highest BCUT2D eigenvalue weighted by molar-refractivity contribution is 7.99. The van der Waals surface area contributed by atoms with E-state index >= 15 is 0 Å². The van der Waals surface area contributed by atoms with E-state index < -0.39 is 0 Å². The number of hydrogen-bond donors (Lipinski definition) is 2. The van der Waals surface area contributed by atoms with Gasteiger partial charge in [0, 0.05) is 14.8 Å². The Hall–Kier alpha value is -2.21. The van der Waals surface area contributed by atoms with Gasteiger partial charge in [0.15, 0.2) is 5.11 Å². The Bertz CT molecular complexity index is 916. The summed E-state index contributed by atoms with van der Waals surface area (Å²) in [6.45, 7) is 2.55. The number of nitrogens with one attached hydrogen (secondary N) is 2. The molecular weight excluding hydrogens is 396 g/mol. The first-order valence-electron chi connectivity index (χ1n) is 8.48. The standard InChI is InChI=1S/C21H19ClN2OS2/c1-2-25-19-9-5-3-7-17(19)23-21(26)24-18-8-4-6-10-20(18)27-16-13-11-15(22)12-14-16/h3-14H,2H2,1H3,(H2,23,24,26). The number of ether oxygens (including phenoxy) is 1. The molecule has 0 saturated heterocycles. The third-order valence-electron chi connectivity index (χ3n) is 3.61. The molecule has 0 atom stereocenters. The number of halogens is 1. The van der Waals surface area contributed by atoms with Crippen LogP contribution in [0.5, 0.6) is 5.75 Å². The average molecular weight is 415 g/mol. The van der Waals surface area contributed by atoms with E-state index in [4.69, 9.17) is 28.6 Å². The largest absolute Gasteiger partial charge is 0.492 e. The molecule has 0 aliphatic heterocycles. The van der Waals surface area contributed by atoms with Crippen LogP contribution in [0.15, 0.2) is 82.6 Å². The van der Waals surface area contributed by atoms with Crippen LogP contribution in [0.4, 0.5) is 11.4 Å². The zero-order chi connectivity index (χ0) is 19.1. The predicted molar refractivity (Wildman–Crippen MR) is 119 cm³/mol. The van der Waals surface area contributed by atoms with Gasteiger partial charge in [-0.15, -0.1) is 0 Å². The third-order valence-corrected chi connectivity index (χ3v) is 5.15. The minimum absolute atomic E-state index is 0.506. The predicted octanol–water partition coefficient (Wildman–Crippen LogP) is 6.70. The summed E-state index contributed by atoms with van der Waals surface area (Å²) in [7, 11) is 0. The fourth-order valence-corrected chi connectivity index (χ4v) is 3.66. The molecule has 0 bridgehead atoms. The highest BCUT2D eigenvalue weighted by Crippen LogP contribution is 2.34. The molecule has 3 nitrogen and oxygen atoms in total. The second-order valence-electron chi connectivity index (χ2n) is 5.56. The molecule has 0 amide bonds. The van der Waals surface area contributed by atoms with Gasteiger partial charge in [0.1, 0.15) is 5.75 Å². The van der Waals surface area contributed by atoms with Crippen LogP contribution in [0.3, 0.4) is 0 Å². The van der Waals surface area contributed by atoms with Crippen molar-refractivity contribution in [2.75, 3.05) is 17.2 Å². The summed E-state index contributed by atoms with van der Waals surface area (Å²) in [4.78, 5) is 2.18. The maximum atomic E-state index is 5.97. The molecule has 0 saturated carbocycles. The smallest absolute Gasteiger partial charge is 0.175 e. The monoisotopic (exact) mass is 414 g/mol. The molecule has 3 aromatic rings. The molecule has 138 valence electrons. The lowest BCUT2D eigenvalue weighted by atomic mass is 10.3. The third kappa shape index (κ3) is 5.63. The molecule has 0 spiro atoms. The van der Waals surface area contributed by atoms with Crippen LogP contribution in [0, 0.1) is 0 Å². The van der Waals surface area contributed by atoms with Gasteiger partial charge in [-0.25, -0.2) is 0 Å². The quantitative estimate of drug-likeness (QED) is 0.438. The molecule has 0 radical (unpaired) electrons. The van der Waals surface area contributed by atoms with Crippen molar-refractivity contribution in [2.45, 2.75) is 16.7 Å². The van der Waals surface area contributed by atoms with Gasteiger partial charge in [-0.05, 0) is 67.7 Å². The van der Waals surface area contributed by atoms with Crippen molar-refractivity contribution in [3.8, 4) is 5.75 Å². The summed E-state index contributed by atoms with van der Waals surface area (Å²) in [5.74, 6) is 0.771. The summed E-state index contributed by atoms with van der Waals surface area (Å²) in [5.41, 5.74) is 1.77. The first kappa shape index (κ1) is 19.5. The van der Waals surface area contributed by atoms with E-state index in [1.54, 1.807) is 11.8 Å². The summed E-state index contributed by atoms with van der Waals surface area (Å²) in [6, 6.07) is 23.5. The Labute approximate surface area is 174 Å². The van der Waals surface area contributed by atoms with Crippen molar-refractivity contribution in [3.63, 3.8) is 0 Å². The number of benzene rings is 3. The lowest BCUT2D eigenvalue weighted by Crippen LogP contribution is -2.20. The van der Waals surface area contributed by atoms with Crippen molar-refractivity contribution < 1.29 is 4.74 Å². The van der Waals surface area contributed by atoms with Crippen LogP contribution in [0.2, 0.25) is 5.02 Å². The van der Waals surface area contributed by atoms with E-state index in [0.29, 0.717) is 11.7 Å². The van der Waals surface area contributed by atoms with Crippen LogP contribution in [0.1, 0.15) is 6.92 Å². The molecule has 0 fully saturated rings. The summed E-state index contributed by atoms with van der Waals surface area (Å²) < 4.78 is 5.64. The Morgan fingerprint density at radius 1 is 0.926 bits per heavy atom. The number of anilines is 2. The van der Waals surface area contributed by atoms with Gasteiger partial charge in [-0.2, -0.15) is 0 Å². The van der Waals surface area contributed by atoms with Crippen LogP contribution < -0.4 is 15.4 Å². The zero-order valence-electron chi connectivity index (χ0n) is 14.7. The average Bonchev–Trinajstić information content (AvgIpc) is 2.67. The number of rotatable bonds is 6. The zero-order valence-corrected chi connectivity index (χ0v) is 17.1. The molecule has 3 rings (SSSR count). The molecule has 27 heavy (non-hydrogen) atoms. The highest BCUT2D eigenvalue weighted by atomic mass is 35.5. The van der Waals surface area contributed by atoms with Gasteiger partial charge in [0.2, 0.25) is 0 Å². The minimum atomic E-state index is 0.506. The maximum Gasteiger partial charge on any atom is 0.175 e. The van der Waals surface area contributed by atoms with Crippen molar-refractivity contribution in [2.24, 2.45) is 0 Å². The lowest BCUT2D eigenvalue weighted by molar-refractivity contribution is 0.342. The molecule has 2 N–H and O–H groups in total. The lowest BCUT2D eigenvalue weighted by Gasteiger charge is -2.16. The van der Waals surface area contributed by atoms with Crippen molar-refractivity contribution in [3.05, 3.63) is 77.8 Å². The second-order valence-corrected chi connectivity index (χ2v) is 7.52. The van der Waals surface area contributed by atoms with E-state index in [2.05, 4.69) is 16.7 Å². The van der Waals surface area contributed by atoms with E-state index in [-0.39, 0.29) is 0 Å². The Morgan fingerprint density at radius 3 is 2.30 bits per heavy atom. The Kier molecular flexibility index (Phi) is 6.98.